The Kier molecular flexibility index (Phi) is 6.61. The number of urea groups is 1. The van der Waals surface area contributed by atoms with Crippen LogP contribution in [0.4, 0.5) is 10.5 Å². The van der Waals surface area contributed by atoms with E-state index >= 15 is 0 Å². The number of piperidine rings is 1. The molecule has 21 heavy (non-hydrogen) atoms. The first-order valence-corrected chi connectivity index (χ1v) is 8.13. The fourth-order valence-electron chi connectivity index (χ4n) is 2.44. The van der Waals surface area contributed by atoms with Gasteiger partial charge in [-0.25, -0.2) is 4.79 Å². The third kappa shape index (κ3) is 5.73. The number of carbonyl (C=O) groups is 1. The van der Waals surface area contributed by atoms with E-state index in [4.69, 9.17) is 23.2 Å². The summed E-state index contributed by atoms with van der Waals surface area (Å²) in [5.41, 5.74) is 0.637. The van der Waals surface area contributed by atoms with Crippen LogP contribution in [0.15, 0.2) is 18.2 Å². The average molecular weight is 330 g/mol. The molecule has 1 aliphatic rings. The molecule has 6 heteroatoms. The molecule has 0 radical (unpaired) electrons. The Balaban J connectivity index is 1.63. The minimum atomic E-state index is -0.216. The number of carbonyl (C=O) groups excluding carboxylic acids is 1. The summed E-state index contributed by atoms with van der Waals surface area (Å²) >= 11 is 11.7. The number of hydrogen-bond donors (Lipinski definition) is 2. The maximum absolute atomic E-state index is 11.7. The second-order valence-corrected chi connectivity index (χ2v) is 6.08. The number of nitrogens with zero attached hydrogens (tertiary/aromatic N) is 1. The Morgan fingerprint density at radius 1 is 1.14 bits per heavy atom. The van der Waals surface area contributed by atoms with E-state index in [1.165, 1.54) is 32.4 Å². The third-order valence-corrected chi connectivity index (χ3v) is 4.30. The zero-order chi connectivity index (χ0) is 15.1. The second-order valence-electron chi connectivity index (χ2n) is 5.27. The van der Waals surface area contributed by atoms with Gasteiger partial charge in [0.15, 0.2) is 0 Å². The van der Waals surface area contributed by atoms with Gasteiger partial charge in [0, 0.05) is 12.2 Å². The van der Waals surface area contributed by atoms with E-state index in [1.54, 1.807) is 18.2 Å². The molecule has 1 fully saturated rings. The molecule has 1 saturated heterocycles. The van der Waals surface area contributed by atoms with Crippen molar-refractivity contribution in [3.8, 4) is 0 Å². The van der Waals surface area contributed by atoms with E-state index in [-0.39, 0.29) is 6.03 Å². The fraction of sp³-hybridized carbons (Fsp3) is 0.533. The predicted octanol–water partition coefficient (Wildman–Crippen LogP) is 3.99. The molecule has 2 N–H and O–H groups in total. The Labute approximate surface area is 135 Å². The first kappa shape index (κ1) is 16.4. The first-order valence-electron chi connectivity index (χ1n) is 7.37. The summed E-state index contributed by atoms with van der Waals surface area (Å²) in [6.07, 6.45) is 4.91. The Morgan fingerprint density at radius 2 is 1.90 bits per heavy atom. The van der Waals surface area contributed by atoms with Gasteiger partial charge in [-0.3, -0.25) is 0 Å². The topological polar surface area (TPSA) is 44.4 Å². The molecule has 4 nitrogen and oxygen atoms in total. The van der Waals surface area contributed by atoms with E-state index in [2.05, 4.69) is 15.5 Å². The van der Waals surface area contributed by atoms with E-state index in [0.29, 0.717) is 22.3 Å². The van der Waals surface area contributed by atoms with Crippen molar-refractivity contribution in [1.82, 2.24) is 10.2 Å². The molecule has 0 aromatic heterocycles. The Bertz CT molecular complexity index is 476. The van der Waals surface area contributed by atoms with Gasteiger partial charge < -0.3 is 15.5 Å². The van der Waals surface area contributed by atoms with Crippen molar-refractivity contribution in [3.05, 3.63) is 28.2 Å². The van der Waals surface area contributed by atoms with Crippen LogP contribution in [-0.4, -0.2) is 37.1 Å². The molecule has 0 unspecified atom stereocenters. The number of halogens is 2. The molecule has 1 heterocycles. The number of likely N-dealkylation sites (tertiary alicyclic amines) is 1. The minimum absolute atomic E-state index is 0.216. The highest BCUT2D eigenvalue weighted by Gasteiger charge is 2.09. The van der Waals surface area contributed by atoms with Crippen LogP contribution in [0.3, 0.4) is 0 Å². The number of benzene rings is 1. The average Bonchev–Trinajstić information content (AvgIpc) is 2.49. The number of nitrogens with one attached hydrogen (secondary N) is 2. The van der Waals surface area contributed by atoms with Gasteiger partial charge in [0.1, 0.15) is 0 Å². The van der Waals surface area contributed by atoms with Crippen LogP contribution in [0.25, 0.3) is 0 Å². The number of rotatable bonds is 5. The monoisotopic (exact) mass is 329 g/mol. The summed E-state index contributed by atoms with van der Waals surface area (Å²) in [5, 5.41) is 6.50. The van der Waals surface area contributed by atoms with Crippen molar-refractivity contribution in [2.75, 3.05) is 31.5 Å². The highest BCUT2D eigenvalue weighted by Crippen LogP contribution is 2.24. The van der Waals surface area contributed by atoms with Crippen molar-refractivity contribution in [1.29, 1.82) is 0 Å². The maximum atomic E-state index is 11.7. The molecule has 1 aliphatic heterocycles. The highest BCUT2D eigenvalue weighted by molar-refractivity contribution is 6.42. The summed E-state index contributed by atoms with van der Waals surface area (Å²) in [4.78, 5) is 14.2. The standard InChI is InChI=1S/C15H21Cl2N3O/c16-13-6-5-12(11-14(13)17)19-15(21)18-7-4-10-20-8-2-1-3-9-20/h5-6,11H,1-4,7-10H2,(H2,18,19,21). The van der Waals surface area contributed by atoms with Crippen LogP contribution in [-0.2, 0) is 0 Å². The molecule has 2 amide bonds. The van der Waals surface area contributed by atoms with E-state index < -0.39 is 0 Å². The molecule has 0 atom stereocenters. The number of anilines is 1. The smallest absolute Gasteiger partial charge is 0.319 e. The van der Waals surface area contributed by atoms with Gasteiger partial charge in [-0.1, -0.05) is 29.6 Å². The molecular weight excluding hydrogens is 309 g/mol. The molecular formula is C15H21Cl2N3O. The SMILES string of the molecule is O=C(NCCCN1CCCCC1)Nc1ccc(Cl)c(Cl)c1. The fourth-order valence-corrected chi connectivity index (χ4v) is 2.73. The summed E-state index contributed by atoms with van der Waals surface area (Å²) in [6, 6.07) is 4.81. The summed E-state index contributed by atoms with van der Waals surface area (Å²) in [7, 11) is 0. The molecule has 1 aromatic carbocycles. The lowest BCUT2D eigenvalue weighted by Crippen LogP contribution is -2.34. The van der Waals surface area contributed by atoms with Crippen LogP contribution in [0.1, 0.15) is 25.7 Å². The van der Waals surface area contributed by atoms with Gasteiger partial charge in [-0.2, -0.15) is 0 Å². The lowest BCUT2D eigenvalue weighted by molar-refractivity contribution is 0.224. The molecule has 2 rings (SSSR count). The van der Waals surface area contributed by atoms with Crippen molar-refractivity contribution >= 4 is 34.9 Å². The van der Waals surface area contributed by atoms with Crippen molar-refractivity contribution in [2.45, 2.75) is 25.7 Å². The second kappa shape index (κ2) is 8.47. The Hall–Kier alpha value is -0.970. The van der Waals surface area contributed by atoms with Crippen LogP contribution < -0.4 is 10.6 Å². The van der Waals surface area contributed by atoms with Crippen molar-refractivity contribution in [3.63, 3.8) is 0 Å². The Morgan fingerprint density at radius 3 is 2.62 bits per heavy atom. The zero-order valence-corrected chi connectivity index (χ0v) is 13.5. The van der Waals surface area contributed by atoms with Crippen LogP contribution in [0.2, 0.25) is 10.0 Å². The van der Waals surface area contributed by atoms with Crippen LogP contribution in [0.5, 0.6) is 0 Å². The van der Waals surface area contributed by atoms with E-state index in [9.17, 15) is 4.79 Å². The highest BCUT2D eigenvalue weighted by atomic mass is 35.5. The molecule has 0 saturated carbocycles. The van der Waals surface area contributed by atoms with Crippen molar-refractivity contribution in [2.24, 2.45) is 0 Å². The lowest BCUT2D eigenvalue weighted by atomic mass is 10.1. The first-order chi connectivity index (χ1) is 10.1. The predicted molar refractivity (Wildman–Crippen MR) is 88.4 cm³/mol. The molecule has 0 spiro atoms. The van der Waals surface area contributed by atoms with Crippen LogP contribution in [0, 0.1) is 0 Å². The van der Waals surface area contributed by atoms with Gasteiger partial charge in [-0.15, -0.1) is 0 Å². The summed E-state index contributed by atoms with van der Waals surface area (Å²) in [5.74, 6) is 0. The minimum Gasteiger partial charge on any atom is -0.338 e. The summed E-state index contributed by atoms with van der Waals surface area (Å²) in [6.45, 7) is 4.10. The lowest BCUT2D eigenvalue weighted by Gasteiger charge is -2.26. The largest absolute Gasteiger partial charge is 0.338 e. The van der Waals surface area contributed by atoms with Gasteiger partial charge in [-0.05, 0) is 57.1 Å². The zero-order valence-electron chi connectivity index (χ0n) is 12.0. The van der Waals surface area contributed by atoms with E-state index in [0.717, 1.165) is 13.0 Å². The summed E-state index contributed by atoms with van der Waals surface area (Å²) < 4.78 is 0. The van der Waals surface area contributed by atoms with Gasteiger partial charge in [0.2, 0.25) is 0 Å². The van der Waals surface area contributed by atoms with Gasteiger partial charge in [0.25, 0.3) is 0 Å². The normalized spacial score (nSPS) is 15.7. The van der Waals surface area contributed by atoms with Gasteiger partial charge >= 0.3 is 6.03 Å². The molecule has 0 aliphatic carbocycles. The van der Waals surface area contributed by atoms with Crippen molar-refractivity contribution < 1.29 is 4.79 Å². The maximum Gasteiger partial charge on any atom is 0.319 e. The quantitative estimate of drug-likeness (QED) is 0.802. The molecule has 1 aromatic rings. The molecule has 0 bridgehead atoms. The van der Waals surface area contributed by atoms with Crippen LogP contribution >= 0.6 is 23.2 Å². The number of hydrogen-bond acceptors (Lipinski definition) is 2. The van der Waals surface area contributed by atoms with E-state index in [1.807, 2.05) is 0 Å². The third-order valence-electron chi connectivity index (χ3n) is 3.56. The van der Waals surface area contributed by atoms with Gasteiger partial charge in [0.05, 0.1) is 10.0 Å². The number of amides is 2. The molecule has 116 valence electrons.